The minimum absolute atomic E-state index is 0.0733. The number of para-hydroxylation sites is 1. The second-order valence-corrected chi connectivity index (χ2v) is 4.97. The van der Waals surface area contributed by atoms with Crippen LogP contribution in [0.15, 0.2) is 28.9 Å². The van der Waals surface area contributed by atoms with Gasteiger partial charge in [0, 0.05) is 12.6 Å². The van der Waals surface area contributed by atoms with Gasteiger partial charge in [-0.1, -0.05) is 23.7 Å². The molecule has 1 aromatic carbocycles. The minimum atomic E-state index is -0.0733. The first-order valence-corrected chi connectivity index (χ1v) is 6.47. The molecule has 1 N–H and O–H groups in total. The summed E-state index contributed by atoms with van der Waals surface area (Å²) >= 11 is 9.29. The quantitative estimate of drug-likeness (QED) is 0.937. The van der Waals surface area contributed by atoms with Gasteiger partial charge in [0.15, 0.2) is 0 Å². The van der Waals surface area contributed by atoms with Crippen molar-refractivity contribution in [2.45, 2.75) is 13.2 Å². The number of benzene rings is 1. The summed E-state index contributed by atoms with van der Waals surface area (Å²) in [6.07, 6.45) is 1.58. The average Bonchev–Trinajstić information content (AvgIpc) is 2.68. The van der Waals surface area contributed by atoms with E-state index >= 15 is 0 Å². The summed E-state index contributed by atoms with van der Waals surface area (Å²) in [5, 5.41) is 9.81. The number of rotatable bonds is 4. The van der Waals surface area contributed by atoms with Crippen molar-refractivity contribution in [2.24, 2.45) is 7.05 Å². The molecule has 18 heavy (non-hydrogen) atoms. The van der Waals surface area contributed by atoms with E-state index in [2.05, 4.69) is 20.9 Å². The van der Waals surface area contributed by atoms with Crippen molar-refractivity contribution in [3.63, 3.8) is 0 Å². The molecular formula is C12H12BrClN2O2. The molecule has 0 saturated carbocycles. The number of hydrogen-bond donors (Lipinski definition) is 1. The van der Waals surface area contributed by atoms with Crippen LogP contribution in [0.2, 0.25) is 5.15 Å². The number of imidazole rings is 1. The van der Waals surface area contributed by atoms with Crippen LogP contribution < -0.4 is 4.74 Å². The van der Waals surface area contributed by atoms with Crippen molar-refractivity contribution in [1.82, 2.24) is 9.55 Å². The second kappa shape index (κ2) is 5.73. The van der Waals surface area contributed by atoms with E-state index in [1.54, 1.807) is 10.8 Å². The Hall–Kier alpha value is -1.04. The second-order valence-electron chi connectivity index (χ2n) is 3.73. The number of aliphatic hydroxyl groups is 1. The van der Waals surface area contributed by atoms with Crippen molar-refractivity contribution in [3.8, 4) is 5.75 Å². The first kappa shape index (κ1) is 13.4. The Kier molecular flexibility index (Phi) is 4.27. The van der Waals surface area contributed by atoms with E-state index in [1.165, 1.54) is 0 Å². The van der Waals surface area contributed by atoms with Crippen LogP contribution in [0.5, 0.6) is 5.75 Å². The molecular weight excluding hydrogens is 320 g/mol. The summed E-state index contributed by atoms with van der Waals surface area (Å²) in [5.74, 6) is 1.35. The zero-order valence-corrected chi connectivity index (χ0v) is 12.1. The maximum absolute atomic E-state index is 9.26. The molecule has 0 radical (unpaired) electrons. The summed E-state index contributed by atoms with van der Waals surface area (Å²) in [7, 11) is 1.82. The maximum Gasteiger partial charge on any atom is 0.147 e. The van der Waals surface area contributed by atoms with Gasteiger partial charge in [-0.2, -0.15) is 0 Å². The molecule has 0 aliphatic carbocycles. The fourth-order valence-corrected chi connectivity index (χ4v) is 2.20. The van der Waals surface area contributed by atoms with E-state index in [-0.39, 0.29) is 6.61 Å². The summed E-state index contributed by atoms with van der Waals surface area (Å²) in [4.78, 5) is 4.14. The van der Waals surface area contributed by atoms with Gasteiger partial charge in [-0.05, 0) is 22.0 Å². The van der Waals surface area contributed by atoms with E-state index in [0.717, 1.165) is 15.9 Å². The molecule has 0 amide bonds. The van der Waals surface area contributed by atoms with Gasteiger partial charge < -0.3 is 14.4 Å². The van der Waals surface area contributed by atoms with Crippen LogP contribution in [0, 0.1) is 0 Å². The van der Waals surface area contributed by atoms with Gasteiger partial charge in [-0.15, -0.1) is 0 Å². The highest BCUT2D eigenvalue weighted by molar-refractivity contribution is 9.10. The first-order valence-electron chi connectivity index (χ1n) is 5.30. The molecule has 0 atom stereocenters. The van der Waals surface area contributed by atoms with Crippen LogP contribution >= 0.6 is 27.5 Å². The van der Waals surface area contributed by atoms with Gasteiger partial charge in [-0.25, -0.2) is 4.98 Å². The van der Waals surface area contributed by atoms with Crippen LogP contribution in [0.1, 0.15) is 11.4 Å². The Morgan fingerprint density at radius 2 is 2.28 bits per heavy atom. The average molecular weight is 332 g/mol. The molecule has 6 heteroatoms. The SMILES string of the molecule is Cn1c(Cl)cnc1COc1c(Br)cccc1CO. The molecule has 96 valence electrons. The van der Waals surface area contributed by atoms with Gasteiger partial charge in [0.1, 0.15) is 23.3 Å². The van der Waals surface area contributed by atoms with Gasteiger partial charge in [-0.3, -0.25) is 0 Å². The highest BCUT2D eigenvalue weighted by Crippen LogP contribution is 2.29. The van der Waals surface area contributed by atoms with E-state index in [1.807, 2.05) is 25.2 Å². The number of aromatic nitrogens is 2. The molecule has 0 spiro atoms. The predicted octanol–water partition coefficient (Wildman–Crippen LogP) is 2.91. The monoisotopic (exact) mass is 330 g/mol. The summed E-state index contributed by atoms with van der Waals surface area (Å²) in [5.41, 5.74) is 0.727. The third-order valence-electron chi connectivity index (χ3n) is 2.59. The van der Waals surface area contributed by atoms with Gasteiger partial charge in [0.05, 0.1) is 17.3 Å². The fourth-order valence-electron chi connectivity index (χ4n) is 1.53. The highest BCUT2D eigenvalue weighted by atomic mass is 79.9. The van der Waals surface area contributed by atoms with Crippen molar-refractivity contribution < 1.29 is 9.84 Å². The molecule has 4 nitrogen and oxygen atoms in total. The van der Waals surface area contributed by atoms with Gasteiger partial charge in [0.2, 0.25) is 0 Å². The lowest BCUT2D eigenvalue weighted by Gasteiger charge is -2.11. The van der Waals surface area contributed by atoms with Crippen LogP contribution in [0.25, 0.3) is 0 Å². The molecule has 0 unspecified atom stereocenters. The maximum atomic E-state index is 9.26. The predicted molar refractivity (Wildman–Crippen MR) is 72.6 cm³/mol. The van der Waals surface area contributed by atoms with E-state index < -0.39 is 0 Å². The number of nitrogens with zero attached hydrogens (tertiary/aromatic N) is 2. The summed E-state index contributed by atoms with van der Waals surface area (Å²) in [6.45, 7) is 0.217. The summed E-state index contributed by atoms with van der Waals surface area (Å²) in [6, 6.07) is 5.52. The fraction of sp³-hybridized carbons (Fsp3) is 0.250. The molecule has 0 aliphatic rings. The van der Waals surface area contributed by atoms with Crippen molar-refractivity contribution >= 4 is 27.5 Å². The Balaban J connectivity index is 2.18. The third kappa shape index (κ3) is 2.68. The van der Waals surface area contributed by atoms with Gasteiger partial charge >= 0.3 is 0 Å². The number of aliphatic hydroxyl groups excluding tert-OH is 1. The Labute approximate surface area is 118 Å². The largest absolute Gasteiger partial charge is 0.484 e. The van der Waals surface area contributed by atoms with Crippen molar-refractivity contribution in [3.05, 3.63) is 45.4 Å². The van der Waals surface area contributed by atoms with E-state index in [0.29, 0.717) is 17.5 Å². The van der Waals surface area contributed by atoms with E-state index in [4.69, 9.17) is 16.3 Å². The number of ether oxygens (including phenoxy) is 1. The lowest BCUT2D eigenvalue weighted by atomic mass is 10.2. The van der Waals surface area contributed by atoms with Crippen LogP contribution in [0.4, 0.5) is 0 Å². The Morgan fingerprint density at radius 1 is 1.50 bits per heavy atom. The number of hydrogen-bond acceptors (Lipinski definition) is 3. The van der Waals surface area contributed by atoms with Crippen LogP contribution in [0.3, 0.4) is 0 Å². The van der Waals surface area contributed by atoms with Crippen LogP contribution in [-0.2, 0) is 20.3 Å². The first-order chi connectivity index (χ1) is 8.63. The minimum Gasteiger partial charge on any atom is -0.484 e. The van der Waals surface area contributed by atoms with Gasteiger partial charge in [0.25, 0.3) is 0 Å². The zero-order chi connectivity index (χ0) is 13.1. The lowest BCUT2D eigenvalue weighted by molar-refractivity contribution is 0.253. The highest BCUT2D eigenvalue weighted by Gasteiger charge is 2.10. The molecule has 1 heterocycles. The van der Waals surface area contributed by atoms with Crippen molar-refractivity contribution in [2.75, 3.05) is 0 Å². The third-order valence-corrected chi connectivity index (χ3v) is 3.57. The number of halogens is 2. The standard InChI is InChI=1S/C12H12BrClN2O2/c1-16-10(14)5-15-11(16)7-18-12-8(6-17)3-2-4-9(12)13/h2-5,17H,6-7H2,1H3. The molecule has 1 aromatic heterocycles. The topological polar surface area (TPSA) is 47.3 Å². The smallest absolute Gasteiger partial charge is 0.147 e. The Bertz CT molecular complexity index is 557. The lowest BCUT2D eigenvalue weighted by Crippen LogP contribution is -2.05. The normalized spacial score (nSPS) is 10.7. The molecule has 0 bridgehead atoms. The molecule has 0 saturated heterocycles. The van der Waals surface area contributed by atoms with E-state index in [9.17, 15) is 5.11 Å². The molecule has 0 fully saturated rings. The zero-order valence-electron chi connectivity index (χ0n) is 9.73. The Morgan fingerprint density at radius 3 is 2.89 bits per heavy atom. The molecule has 0 aliphatic heterocycles. The summed E-state index contributed by atoms with van der Waals surface area (Å²) < 4.78 is 8.24. The van der Waals surface area contributed by atoms with Crippen molar-refractivity contribution in [1.29, 1.82) is 0 Å². The van der Waals surface area contributed by atoms with Crippen LogP contribution in [-0.4, -0.2) is 14.7 Å². The molecule has 2 aromatic rings. The molecule has 2 rings (SSSR count).